The van der Waals surface area contributed by atoms with Gasteiger partial charge >= 0.3 is 5.69 Å². The van der Waals surface area contributed by atoms with Crippen LogP contribution in [0.3, 0.4) is 0 Å². The van der Waals surface area contributed by atoms with E-state index in [-0.39, 0.29) is 17.4 Å². The van der Waals surface area contributed by atoms with Crippen LogP contribution in [-0.4, -0.2) is 45.3 Å². The van der Waals surface area contributed by atoms with E-state index < -0.39 is 0 Å². The van der Waals surface area contributed by atoms with Crippen LogP contribution in [0.2, 0.25) is 0 Å². The zero-order valence-electron chi connectivity index (χ0n) is 18.7. The highest BCUT2D eigenvalue weighted by atomic mass is 16.5. The monoisotopic (exact) mass is 433 g/mol. The molecule has 4 aromatic rings. The zero-order valence-corrected chi connectivity index (χ0v) is 18.7. The van der Waals surface area contributed by atoms with E-state index in [2.05, 4.69) is 15.3 Å². The molecule has 2 N–H and O–H groups in total. The number of imidazole rings is 2. The molecule has 2 aromatic carbocycles. The molecule has 32 heavy (non-hydrogen) atoms. The van der Waals surface area contributed by atoms with E-state index in [1.165, 1.54) is 0 Å². The number of carbonyl (C=O) groups excluding carboxylic acids is 1. The number of benzene rings is 2. The van der Waals surface area contributed by atoms with Gasteiger partial charge in [0.05, 0.1) is 29.0 Å². The molecule has 4 rings (SSSR count). The van der Waals surface area contributed by atoms with E-state index in [0.29, 0.717) is 25.4 Å². The Hall–Kier alpha value is -3.65. The number of rotatable bonds is 7. The molecule has 0 saturated carbocycles. The Balaban J connectivity index is 1.86. The highest BCUT2D eigenvalue weighted by molar-refractivity contribution is 5.94. The van der Waals surface area contributed by atoms with Crippen LogP contribution in [0.5, 0.6) is 0 Å². The molecule has 0 aliphatic carbocycles. The second-order valence-electron chi connectivity index (χ2n) is 7.72. The van der Waals surface area contributed by atoms with E-state index >= 15 is 0 Å². The molecule has 0 spiro atoms. The van der Waals surface area contributed by atoms with Crippen LogP contribution in [-0.2, 0) is 18.3 Å². The molecule has 8 nitrogen and oxygen atoms in total. The van der Waals surface area contributed by atoms with Gasteiger partial charge in [0.25, 0.3) is 5.91 Å². The Kier molecular flexibility index (Phi) is 5.96. The summed E-state index contributed by atoms with van der Waals surface area (Å²) in [6.45, 7) is 5.38. The van der Waals surface area contributed by atoms with Crippen molar-refractivity contribution in [1.29, 1.82) is 0 Å². The maximum Gasteiger partial charge on any atom is 0.328 e. The van der Waals surface area contributed by atoms with Crippen molar-refractivity contribution in [2.45, 2.75) is 20.4 Å². The molecule has 0 aliphatic heterocycles. The minimum absolute atomic E-state index is 0.0543. The number of fused-ring (bicyclic) bond motifs is 1. The van der Waals surface area contributed by atoms with Crippen LogP contribution in [0.1, 0.15) is 23.1 Å². The molecular weight excluding hydrogens is 406 g/mol. The fourth-order valence-electron chi connectivity index (χ4n) is 3.91. The third kappa shape index (κ3) is 3.85. The van der Waals surface area contributed by atoms with Crippen molar-refractivity contribution in [3.05, 3.63) is 64.3 Å². The summed E-state index contributed by atoms with van der Waals surface area (Å²) < 4.78 is 8.39. The lowest BCUT2D eigenvalue weighted by molar-refractivity contribution is 0.0928. The number of aromatic nitrogens is 4. The number of hydrogen-bond acceptors (Lipinski definition) is 4. The van der Waals surface area contributed by atoms with Crippen molar-refractivity contribution in [2.24, 2.45) is 7.05 Å². The number of aromatic amines is 1. The van der Waals surface area contributed by atoms with Gasteiger partial charge in [0, 0.05) is 38.4 Å². The largest absolute Gasteiger partial charge is 0.383 e. The average Bonchev–Trinajstić information content (AvgIpc) is 3.34. The molecular formula is C24H27N5O3. The summed E-state index contributed by atoms with van der Waals surface area (Å²) in [7, 11) is 3.35. The summed E-state index contributed by atoms with van der Waals surface area (Å²) in [5, 5.41) is 2.81. The SMILES string of the molecule is CCn1c(=O)n(C)c2cc(-c3[nH]c(C(=O)NCCOC)nc3-c3cccc(C)c3)ccc21. The van der Waals surface area contributed by atoms with Crippen molar-refractivity contribution in [3.8, 4) is 22.5 Å². The summed E-state index contributed by atoms with van der Waals surface area (Å²) in [4.78, 5) is 33.1. The summed E-state index contributed by atoms with van der Waals surface area (Å²) in [5.41, 5.74) is 5.91. The van der Waals surface area contributed by atoms with Crippen LogP contribution in [0, 0.1) is 6.92 Å². The number of nitrogens with zero attached hydrogens (tertiary/aromatic N) is 3. The van der Waals surface area contributed by atoms with E-state index in [1.807, 2.05) is 56.3 Å². The molecule has 0 aliphatic rings. The van der Waals surface area contributed by atoms with E-state index in [0.717, 1.165) is 33.4 Å². The number of carbonyl (C=O) groups is 1. The Morgan fingerprint density at radius 2 is 1.97 bits per heavy atom. The molecule has 2 heterocycles. The van der Waals surface area contributed by atoms with Gasteiger partial charge < -0.3 is 15.0 Å². The minimum atomic E-state index is -0.298. The second kappa shape index (κ2) is 8.84. The third-order valence-electron chi connectivity index (χ3n) is 5.55. The summed E-state index contributed by atoms with van der Waals surface area (Å²) in [6, 6.07) is 13.8. The van der Waals surface area contributed by atoms with Crippen LogP contribution in [0.4, 0.5) is 0 Å². The van der Waals surface area contributed by atoms with Gasteiger partial charge in [-0.15, -0.1) is 0 Å². The molecule has 2 aromatic heterocycles. The predicted octanol–water partition coefficient (Wildman–Crippen LogP) is 3.10. The highest BCUT2D eigenvalue weighted by Crippen LogP contribution is 2.32. The Labute approximate surface area is 185 Å². The van der Waals surface area contributed by atoms with Gasteiger partial charge in [0.1, 0.15) is 0 Å². The fourth-order valence-corrected chi connectivity index (χ4v) is 3.91. The number of amides is 1. The number of ether oxygens (including phenoxy) is 1. The topological polar surface area (TPSA) is 93.9 Å². The van der Waals surface area contributed by atoms with Crippen molar-refractivity contribution in [2.75, 3.05) is 20.3 Å². The lowest BCUT2D eigenvalue weighted by atomic mass is 10.0. The molecule has 0 unspecified atom stereocenters. The number of H-pyrrole nitrogens is 1. The normalized spacial score (nSPS) is 11.2. The van der Waals surface area contributed by atoms with Crippen molar-refractivity contribution < 1.29 is 9.53 Å². The molecule has 0 saturated heterocycles. The van der Waals surface area contributed by atoms with Gasteiger partial charge in [-0.25, -0.2) is 9.78 Å². The molecule has 0 fully saturated rings. The third-order valence-corrected chi connectivity index (χ3v) is 5.55. The van der Waals surface area contributed by atoms with Crippen molar-refractivity contribution in [3.63, 3.8) is 0 Å². The molecule has 1 amide bonds. The van der Waals surface area contributed by atoms with Crippen LogP contribution in [0.25, 0.3) is 33.5 Å². The zero-order chi connectivity index (χ0) is 22.8. The number of aryl methyl sites for hydroxylation is 3. The van der Waals surface area contributed by atoms with E-state index in [9.17, 15) is 9.59 Å². The van der Waals surface area contributed by atoms with Crippen molar-refractivity contribution in [1.82, 2.24) is 24.4 Å². The van der Waals surface area contributed by atoms with Gasteiger partial charge in [-0.05, 0) is 32.0 Å². The van der Waals surface area contributed by atoms with Crippen molar-refractivity contribution >= 4 is 16.9 Å². The number of methoxy groups -OCH3 is 1. The first-order valence-corrected chi connectivity index (χ1v) is 10.6. The molecule has 0 radical (unpaired) electrons. The quantitative estimate of drug-likeness (QED) is 0.438. The first-order chi connectivity index (χ1) is 15.4. The maximum atomic E-state index is 12.7. The molecule has 0 atom stereocenters. The molecule has 166 valence electrons. The van der Waals surface area contributed by atoms with Gasteiger partial charge in [0.15, 0.2) is 5.82 Å². The average molecular weight is 434 g/mol. The molecule has 0 bridgehead atoms. The lowest BCUT2D eigenvalue weighted by Crippen LogP contribution is -2.27. The predicted molar refractivity (Wildman–Crippen MR) is 125 cm³/mol. The van der Waals surface area contributed by atoms with E-state index in [4.69, 9.17) is 4.74 Å². The molecule has 8 heteroatoms. The second-order valence-corrected chi connectivity index (χ2v) is 7.72. The Morgan fingerprint density at radius 3 is 2.69 bits per heavy atom. The summed E-state index contributed by atoms with van der Waals surface area (Å²) >= 11 is 0. The summed E-state index contributed by atoms with van der Waals surface area (Å²) in [6.07, 6.45) is 0. The number of hydrogen-bond donors (Lipinski definition) is 2. The smallest absolute Gasteiger partial charge is 0.328 e. The lowest BCUT2D eigenvalue weighted by Gasteiger charge is -2.06. The van der Waals surface area contributed by atoms with Crippen LogP contribution < -0.4 is 11.0 Å². The van der Waals surface area contributed by atoms with Gasteiger partial charge in [-0.3, -0.25) is 13.9 Å². The maximum absolute atomic E-state index is 12.7. The highest BCUT2D eigenvalue weighted by Gasteiger charge is 2.20. The van der Waals surface area contributed by atoms with Crippen LogP contribution in [0.15, 0.2) is 47.3 Å². The first kappa shape index (κ1) is 21.6. The Morgan fingerprint density at radius 1 is 1.16 bits per heavy atom. The number of nitrogens with one attached hydrogen (secondary N) is 2. The van der Waals surface area contributed by atoms with Gasteiger partial charge in [-0.1, -0.05) is 29.8 Å². The Bertz CT molecular complexity index is 1350. The minimum Gasteiger partial charge on any atom is -0.383 e. The standard InChI is InChI=1S/C24H27N5O3/c1-5-29-18-10-9-17(14-19(18)28(3)24(29)31)21-20(16-8-6-7-15(2)13-16)26-22(27-21)23(30)25-11-12-32-4/h6-10,13-14H,5,11-12H2,1-4H3,(H,25,30)(H,26,27). The van der Waals surface area contributed by atoms with Gasteiger partial charge in [-0.2, -0.15) is 0 Å². The van der Waals surface area contributed by atoms with Gasteiger partial charge in [0.2, 0.25) is 0 Å². The van der Waals surface area contributed by atoms with Crippen LogP contribution >= 0.6 is 0 Å². The van der Waals surface area contributed by atoms with E-state index in [1.54, 1.807) is 23.3 Å². The fraction of sp³-hybridized carbons (Fsp3) is 0.292. The summed E-state index contributed by atoms with van der Waals surface area (Å²) in [5.74, 6) is -0.0689. The first-order valence-electron chi connectivity index (χ1n) is 10.6.